The SMILES string of the molecule is O=C(NC1CC1)c1nnc2n1CC1(CC2)CCN(Cc2ccsc2)CC1. The molecule has 5 rings (SSSR count). The summed E-state index contributed by atoms with van der Waals surface area (Å²) >= 11 is 1.77. The Morgan fingerprint density at radius 1 is 1.27 bits per heavy atom. The Labute approximate surface area is 157 Å². The number of amides is 1. The number of thiophene rings is 1. The van der Waals surface area contributed by atoms with Crippen molar-refractivity contribution in [2.75, 3.05) is 13.1 Å². The molecule has 2 aromatic heterocycles. The molecule has 0 radical (unpaired) electrons. The van der Waals surface area contributed by atoms with Gasteiger partial charge in [-0.15, -0.1) is 10.2 Å². The maximum Gasteiger partial charge on any atom is 0.289 e. The van der Waals surface area contributed by atoms with Gasteiger partial charge in [0.25, 0.3) is 5.91 Å². The highest BCUT2D eigenvalue weighted by molar-refractivity contribution is 7.07. The zero-order valence-corrected chi connectivity index (χ0v) is 15.8. The molecule has 1 saturated heterocycles. The molecule has 0 aromatic carbocycles. The number of hydrogen-bond acceptors (Lipinski definition) is 5. The summed E-state index contributed by atoms with van der Waals surface area (Å²) in [6.45, 7) is 4.23. The number of rotatable bonds is 4. The molecule has 0 atom stereocenters. The number of carbonyl (C=O) groups is 1. The van der Waals surface area contributed by atoms with Gasteiger partial charge in [0.05, 0.1) is 0 Å². The normalized spacial score (nSPS) is 22.3. The molecule has 1 N–H and O–H groups in total. The van der Waals surface area contributed by atoms with Crippen LogP contribution in [-0.4, -0.2) is 44.7 Å². The first kappa shape index (κ1) is 16.4. The van der Waals surface area contributed by atoms with Gasteiger partial charge < -0.3 is 9.88 Å². The van der Waals surface area contributed by atoms with Crippen molar-refractivity contribution in [3.05, 3.63) is 34.0 Å². The van der Waals surface area contributed by atoms with Gasteiger partial charge in [0, 0.05) is 25.6 Å². The van der Waals surface area contributed by atoms with Crippen LogP contribution in [0.25, 0.3) is 0 Å². The van der Waals surface area contributed by atoms with E-state index in [1.54, 1.807) is 11.3 Å². The van der Waals surface area contributed by atoms with Gasteiger partial charge in [-0.2, -0.15) is 11.3 Å². The van der Waals surface area contributed by atoms with Crippen molar-refractivity contribution in [1.29, 1.82) is 0 Å². The second-order valence-electron chi connectivity index (χ2n) is 8.18. The molecule has 138 valence electrons. The van der Waals surface area contributed by atoms with Crippen molar-refractivity contribution in [2.24, 2.45) is 5.41 Å². The lowest BCUT2D eigenvalue weighted by Crippen LogP contribution is -2.44. The molecule has 0 bridgehead atoms. The Balaban J connectivity index is 1.26. The van der Waals surface area contributed by atoms with Crippen LogP contribution in [0.1, 0.15) is 54.1 Å². The van der Waals surface area contributed by atoms with E-state index >= 15 is 0 Å². The molecule has 0 unspecified atom stereocenters. The van der Waals surface area contributed by atoms with Crippen LogP contribution in [0.4, 0.5) is 0 Å². The van der Waals surface area contributed by atoms with Gasteiger partial charge >= 0.3 is 0 Å². The van der Waals surface area contributed by atoms with Crippen molar-refractivity contribution >= 4 is 17.2 Å². The van der Waals surface area contributed by atoms with Gasteiger partial charge in [0.15, 0.2) is 0 Å². The van der Waals surface area contributed by atoms with E-state index in [0.29, 0.717) is 17.3 Å². The van der Waals surface area contributed by atoms with E-state index < -0.39 is 0 Å². The average Bonchev–Trinajstić information content (AvgIpc) is 3.15. The molecule has 1 amide bonds. The molecule has 2 aromatic rings. The van der Waals surface area contributed by atoms with E-state index in [-0.39, 0.29) is 5.91 Å². The Morgan fingerprint density at radius 2 is 2.12 bits per heavy atom. The lowest BCUT2D eigenvalue weighted by molar-refractivity contribution is 0.0618. The summed E-state index contributed by atoms with van der Waals surface area (Å²) in [6.07, 6.45) is 6.68. The van der Waals surface area contributed by atoms with E-state index in [9.17, 15) is 4.79 Å². The number of hydrogen-bond donors (Lipinski definition) is 1. The van der Waals surface area contributed by atoms with Gasteiger partial charge in [0.2, 0.25) is 5.82 Å². The summed E-state index contributed by atoms with van der Waals surface area (Å²) in [6, 6.07) is 2.58. The maximum absolute atomic E-state index is 12.5. The third-order valence-electron chi connectivity index (χ3n) is 6.22. The standard InChI is InChI=1S/C19H25N5OS/c25-18(20-15-1-2-15)17-22-21-16-3-5-19(13-24(16)17)6-8-23(9-7-19)11-14-4-10-26-12-14/h4,10,12,15H,1-3,5-9,11,13H2,(H,20,25). The zero-order valence-electron chi connectivity index (χ0n) is 15.0. The smallest absolute Gasteiger partial charge is 0.289 e. The fourth-order valence-electron chi connectivity index (χ4n) is 4.36. The molecule has 2 aliphatic heterocycles. The van der Waals surface area contributed by atoms with Gasteiger partial charge in [-0.25, -0.2) is 0 Å². The van der Waals surface area contributed by atoms with Crippen molar-refractivity contribution in [1.82, 2.24) is 25.0 Å². The Kier molecular flexibility index (Phi) is 4.09. The summed E-state index contributed by atoms with van der Waals surface area (Å²) in [5, 5.41) is 16.0. The van der Waals surface area contributed by atoms with E-state index in [4.69, 9.17) is 0 Å². The topological polar surface area (TPSA) is 63.1 Å². The molecular weight excluding hydrogens is 346 g/mol. The molecule has 6 nitrogen and oxygen atoms in total. The van der Waals surface area contributed by atoms with Gasteiger partial charge in [-0.1, -0.05) is 0 Å². The molecule has 4 heterocycles. The largest absolute Gasteiger partial charge is 0.347 e. The highest BCUT2D eigenvalue weighted by Gasteiger charge is 2.40. The van der Waals surface area contributed by atoms with Crippen LogP contribution in [0.3, 0.4) is 0 Å². The lowest BCUT2D eigenvalue weighted by atomic mass is 9.73. The van der Waals surface area contributed by atoms with E-state index in [0.717, 1.165) is 51.3 Å². The van der Waals surface area contributed by atoms with Crippen LogP contribution in [0.5, 0.6) is 0 Å². The van der Waals surface area contributed by atoms with Crippen LogP contribution in [0.2, 0.25) is 0 Å². The van der Waals surface area contributed by atoms with Crippen LogP contribution in [-0.2, 0) is 19.5 Å². The molecule has 2 fully saturated rings. The van der Waals surface area contributed by atoms with Crippen LogP contribution >= 0.6 is 11.3 Å². The molecule has 26 heavy (non-hydrogen) atoms. The fourth-order valence-corrected chi connectivity index (χ4v) is 5.02. The first-order valence-corrected chi connectivity index (χ1v) is 10.6. The number of aromatic nitrogens is 3. The van der Waals surface area contributed by atoms with Crippen LogP contribution < -0.4 is 5.32 Å². The van der Waals surface area contributed by atoms with Crippen molar-refractivity contribution in [3.63, 3.8) is 0 Å². The lowest BCUT2D eigenvalue weighted by Gasteiger charge is -2.44. The molecule has 1 saturated carbocycles. The molecular formula is C19H25N5OS. The Bertz CT molecular complexity index is 787. The second-order valence-corrected chi connectivity index (χ2v) is 8.96. The molecule has 7 heteroatoms. The highest BCUT2D eigenvalue weighted by Crippen LogP contribution is 2.41. The van der Waals surface area contributed by atoms with Crippen molar-refractivity contribution in [3.8, 4) is 0 Å². The number of piperidine rings is 1. The van der Waals surface area contributed by atoms with Crippen molar-refractivity contribution < 1.29 is 4.79 Å². The quantitative estimate of drug-likeness (QED) is 0.897. The summed E-state index contributed by atoms with van der Waals surface area (Å²) in [4.78, 5) is 15.1. The number of likely N-dealkylation sites (tertiary alicyclic amines) is 1. The van der Waals surface area contributed by atoms with Gasteiger partial charge in [0.1, 0.15) is 5.82 Å². The summed E-state index contributed by atoms with van der Waals surface area (Å²) in [5.74, 6) is 1.46. The Hall–Kier alpha value is -1.73. The molecule has 1 aliphatic carbocycles. The first-order chi connectivity index (χ1) is 12.7. The van der Waals surface area contributed by atoms with Crippen LogP contribution in [0.15, 0.2) is 16.8 Å². The monoisotopic (exact) mass is 371 g/mol. The summed E-state index contributed by atoms with van der Waals surface area (Å²) < 4.78 is 2.11. The Morgan fingerprint density at radius 3 is 2.85 bits per heavy atom. The minimum absolute atomic E-state index is 0.0433. The number of carbonyl (C=O) groups excluding carboxylic acids is 1. The zero-order chi connectivity index (χ0) is 17.6. The number of nitrogens with one attached hydrogen (secondary N) is 1. The number of nitrogens with zero attached hydrogens (tertiary/aromatic N) is 4. The van der Waals surface area contributed by atoms with E-state index in [1.165, 1.54) is 24.8 Å². The third-order valence-corrected chi connectivity index (χ3v) is 6.95. The number of fused-ring (bicyclic) bond motifs is 1. The minimum Gasteiger partial charge on any atom is -0.347 e. The van der Waals surface area contributed by atoms with E-state index in [2.05, 4.69) is 41.8 Å². The highest BCUT2D eigenvalue weighted by atomic mass is 32.1. The van der Waals surface area contributed by atoms with E-state index in [1.807, 2.05) is 0 Å². The predicted octanol–water partition coefficient (Wildman–Crippen LogP) is 2.46. The average molecular weight is 372 g/mol. The van der Waals surface area contributed by atoms with Gasteiger partial charge in [-0.05, 0) is 73.0 Å². The second kappa shape index (κ2) is 6.46. The minimum atomic E-state index is -0.0433. The first-order valence-electron chi connectivity index (χ1n) is 9.67. The third kappa shape index (κ3) is 3.18. The number of aryl methyl sites for hydroxylation is 1. The summed E-state index contributed by atoms with van der Waals surface area (Å²) in [5.41, 5.74) is 1.73. The maximum atomic E-state index is 12.5. The fraction of sp³-hybridized carbons (Fsp3) is 0.632. The molecule has 3 aliphatic rings. The van der Waals surface area contributed by atoms with Crippen LogP contribution in [0, 0.1) is 5.41 Å². The molecule has 1 spiro atoms. The predicted molar refractivity (Wildman–Crippen MR) is 100 cm³/mol. The summed E-state index contributed by atoms with van der Waals surface area (Å²) in [7, 11) is 0. The van der Waals surface area contributed by atoms with Gasteiger partial charge in [-0.3, -0.25) is 9.69 Å². The van der Waals surface area contributed by atoms with Crippen molar-refractivity contribution in [2.45, 2.75) is 57.7 Å².